The molecule has 1 heterocycles. The molecule has 0 aromatic heterocycles. The molecule has 0 aromatic carbocycles. The summed E-state index contributed by atoms with van der Waals surface area (Å²) >= 11 is 0. The van der Waals surface area contributed by atoms with E-state index in [0.29, 0.717) is 13.2 Å². The zero-order chi connectivity index (χ0) is 22.3. The van der Waals surface area contributed by atoms with Gasteiger partial charge in [0.2, 0.25) is 0 Å². The molecule has 0 spiro atoms. The number of hydrogen-bond acceptors (Lipinski definition) is 3. The lowest BCUT2D eigenvalue weighted by Crippen LogP contribution is -2.69. The molecule has 0 aliphatic carbocycles. The minimum Gasteiger partial charge on any atom is -0.297 e. The molecule has 0 unspecified atom stereocenters. The topological polar surface area (TPSA) is 41.6 Å². The Bertz CT molecular complexity index is 448. The first kappa shape index (κ1) is 27.4. The highest BCUT2D eigenvalue weighted by atomic mass is 16.7. The number of piperazine rings is 1. The van der Waals surface area contributed by atoms with E-state index in [4.69, 9.17) is 4.84 Å². The molecule has 1 fully saturated rings. The maximum atomic E-state index is 12.5. The molecule has 0 atom stereocenters. The van der Waals surface area contributed by atoms with Gasteiger partial charge in [-0.05, 0) is 34.1 Å². The molecule has 178 valence electrons. The van der Waals surface area contributed by atoms with Crippen LogP contribution < -0.4 is 5.32 Å². The van der Waals surface area contributed by atoms with Crippen molar-refractivity contribution in [1.82, 2.24) is 10.4 Å². The van der Waals surface area contributed by atoms with E-state index in [-0.39, 0.29) is 11.4 Å². The summed E-state index contributed by atoms with van der Waals surface area (Å²) in [5, 5.41) is 4.98. The van der Waals surface area contributed by atoms with Gasteiger partial charge in [-0.25, -0.2) is 5.06 Å². The van der Waals surface area contributed by atoms with Crippen molar-refractivity contribution in [2.75, 3.05) is 13.2 Å². The highest BCUT2D eigenvalue weighted by Crippen LogP contribution is 2.22. The van der Waals surface area contributed by atoms with Crippen LogP contribution in [0.3, 0.4) is 0 Å². The number of carbonyl (C=O) groups excluding carboxylic acids is 1. The van der Waals surface area contributed by atoms with E-state index in [1.54, 1.807) is 5.06 Å². The summed E-state index contributed by atoms with van der Waals surface area (Å²) in [6.45, 7) is 11.6. The zero-order valence-corrected chi connectivity index (χ0v) is 21.0. The van der Waals surface area contributed by atoms with E-state index in [1.807, 2.05) is 13.8 Å². The summed E-state index contributed by atoms with van der Waals surface area (Å²) in [5.41, 5.74) is -0.678. The van der Waals surface area contributed by atoms with Gasteiger partial charge in [-0.15, -0.1) is 0 Å². The highest BCUT2D eigenvalue weighted by molar-refractivity contribution is 5.85. The quantitative estimate of drug-likeness (QED) is 0.237. The number of nitrogens with zero attached hydrogens (tertiary/aromatic N) is 1. The lowest BCUT2D eigenvalue weighted by Gasteiger charge is -2.46. The van der Waals surface area contributed by atoms with Crippen molar-refractivity contribution in [2.45, 2.75) is 148 Å². The predicted molar refractivity (Wildman–Crippen MR) is 129 cm³/mol. The molecule has 1 aliphatic heterocycles. The van der Waals surface area contributed by atoms with Crippen LogP contribution in [0.2, 0.25) is 0 Å². The summed E-state index contributed by atoms with van der Waals surface area (Å²) in [7, 11) is 0. The van der Waals surface area contributed by atoms with Gasteiger partial charge >= 0.3 is 0 Å². The third kappa shape index (κ3) is 12.3. The van der Waals surface area contributed by atoms with E-state index < -0.39 is 5.54 Å². The molecule has 4 heteroatoms. The van der Waals surface area contributed by atoms with Gasteiger partial charge in [0.25, 0.3) is 5.91 Å². The van der Waals surface area contributed by atoms with Gasteiger partial charge < -0.3 is 0 Å². The first-order chi connectivity index (χ1) is 14.3. The molecular weight excluding hydrogens is 372 g/mol. The molecule has 4 nitrogen and oxygen atoms in total. The minimum atomic E-state index is -0.559. The lowest BCUT2D eigenvalue weighted by atomic mass is 9.92. The van der Waals surface area contributed by atoms with E-state index >= 15 is 0 Å². The van der Waals surface area contributed by atoms with Gasteiger partial charge in [0.1, 0.15) is 0 Å². The van der Waals surface area contributed by atoms with Crippen LogP contribution in [0.4, 0.5) is 0 Å². The maximum Gasteiger partial charge on any atom is 0.265 e. The Kier molecular flexibility index (Phi) is 13.9. The second-order valence-corrected chi connectivity index (χ2v) is 10.6. The molecule has 1 amide bonds. The third-order valence-corrected chi connectivity index (χ3v) is 6.20. The van der Waals surface area contributed by atoms with E-state index in [1.165, 1.54) is 96.3 Å². The molecule has 1 rings (SSSR count). The Hall–Kier alpha value is -0.610. The van der Waals surface area contributed by atoms with E-state index in [9.17, 15) is 4.79 Å². The smallest absolute Gasteiger partial charge is 0.265 e. The first-order valence-electron chi connectivity index (χ1n) is 13.0. The largest absolute Gasteiger partial charge is 0.297 e. The van der Waals surface area contributed by atoms with Crippen LogP contribution in [0, 0.1) is 0 Å². The molecule has 1 N–H and O–H groups in total. The molecule has 0 saturated carbocycles. The fourth-order valence-electron chi connectivity index (χ4n) is 4.61. The molecule has 1 saturated heterocycles. The summed E-state index contributed by atoms with van der Waals surface area (Å²) in [5.74, 6) is 0.0401. The Balaban J connectivity index is 1.88. The van der Waals surface area contributed by atoms with Crippen LogP contribution in [-0.4, -0.2) is 35.2 Å². The number of unbranched alkanes of at least 4 members (excludes halogenated alkanes) is 15. The average molecular weight is 425 g/mol. The van der Waals surface area contributed by atoms with Crippen molar-refractivity contribution in [3.05, 3.63) is 0 Å². The fourth-order valence-corrected chi connectivity index (χ4v) is 4.61. The Morgan fingerprint density at radius 3 is 1.57 bits per heavy atom. The minimum absolute atomic E-state index is 0.0401. The number of hydrogen-bond donors (Lipinski definition) is 1. The number of nitrogens with one attached hydrogen (secondary N) is 1. The zero-order valence-electron chi connectivity index (χ0n) is 21.0. The van der Waals surface area contributed by atoms with Crippen molar-refractivity contribution in [3.63, 3.8) is 0 Å². The number of rotatable bonds is 18. The highest BCUT2D eigenvalue weighted by Gasteiger charge is 2.44. The van der Waals surface area contributed by atoms with Crippen LogP contribution >= 0.6 is 0 Å². The van der Waals surface area contributed by atoms with Crippen LogP contribution in [0.1, 0.15) is 137 Å². The fraction of sp³-hybridized carbons (Fsp3) is 0.962. The lowest BCUT2D eigenvalue weighted by molar-refractivity contribution is -0.207. The molecule has 0 aromatic rings. The Labute approximate surface area is 187 Å². The van der Waals surface area contributed by atoms with Crippen LogP contribution in [0.25, 0.3) is 0 Å². The molecule has 0 bridgehead atoms. The summed E-state index contributed by atoms with van der Waals surface area (Å²) in [6.07, 6.45) is 21.9. The second-order valence-electron chi connectivity index (χ2n) is 10.6. The molecule has 1 aliphatic rings. The van der Waals surface area contributed by atoms with E-state index in [0.717, 1.165) is 6.42 Å². The standard InChI is InChI=1S/C26H52N2O2/c1-6-7-8-9-10-11-12-13-14-15-16-17-18-19-20-21-22-30-28-23-25(2,3)27-26(4,5)24(28)29/h27H,6-23H2,1-5H3. The van der Waals surface area contributed by atoms with Gasteiger partial charge in [0.05, 0.1) is 18.7 Å². The Morgan fingerprint density at radius 1 is 0.733 bits per heavy atom. The first-order valence-corrected chi connectivity index (χ1v) is 13.0. The summed E-state index contributed by atoms with van der Waals surface area (Å²) < 4.78 is 0. The number of hydroxylamine groups is 2. The number of amides is 1. The SMILES string of the molecule is CCCCCCCCCCCCCCCCCCON1CC(C)(C)NC(C)(C)C1=O. The van der Waals surface area contributed by atoms with E-state index in [2.05, 4.69) is 26.1 Å². The van der Waals surface area contributed by atoms with Gasteiger partial charge in [-0.2, -0.15) is 0 Å². The van der Waals surface area contributed by atoms with Crippen LogP contribution in [0.5, 0.6) is 0 Å². The summed E-state index contributed by atoms with van der Waals surface area (Å²) in [4.78, 5) is 18.3. The normalized spacial score (nSPS) is 18.2. The predicted octanol–water partition coefficient (Wildman–Crippen LogP) is 7.17. The molecule has 0 radical (unpaired) electrons. The molecule has 30 heavy (non-hydrogen) atoms. The van der Waals surface area contributed by atoms with Crippen LogP contribution in [0.15, 0.2) is 0 Å². The van der Waals surface area contributed by atoms with Gasteiger partial charge in [0, 0.05) is 5.54 Å². The van der Waals surface area contributed by atoms with Crippen molar-refractivity contribution in [1.29, 1.82) is 0 Å². The maximum absolute atomic E-state index is 12.5. The summed E-state index contributed by atoms with van der Waals surface area (Å²) in [6, 6.07) is 0. The van der Waals surface area contributed by atoms with Crippen LogP contribution in [-0.2, 0) is 9.63 Å². The monoisotopic (exact) mass is 424 g/mol. The van der Waals surface area contributed by atoms with Gasteiger partial charge in [0.15, 0.2) is 0 Å². The van der Waals surface area contributed by atoms with Crippen molar-refractivity contribution in [3.8, 4) is 0 Å². The Morgan fingerprint density at radius 2 is 1.13 bits per heavy atom. The van der Waals surface area contributed by atoms with Gasteiger partial charge in [-0.3, -0.25) is 14.9 Å². The molecular formula is C26H52N2O2. The van der Waals surface area contributed by atoms with Crippen molar-refractivity contribution in [2.24, 2.45) is 0 Å². The van der Waals surface area contributed by atoms with Gasteiger partial charge in [-0.1, -0.05) is 103 Å². The third-order valence-electron chi connectivity index (χ3n) is 6.20. The number of carbonyl (C=O) groups is 1. The van der Waals surface area contributed by atoms with Crippen molar-refractivity contribution >= 4 is 5.91 Å². The second kappa shape index (κ2) is 15.2. The van der Waals surface area contributed by atoms with Crippen molar-refractivity contribution < 1.29 is 9.63 Å². The average Bonchev–Trinajstić information content (AvgIpc) is 2.67.